The Bertz CT molecular complexity index is 749. The molecule has 1 unspecified atom stereocenters. The van der Waals surface area contributed by atoms with Gasteiger partial charge >= 0.3 is 5.97 Å². The number of carbonyl (C=O) groups is 2. The Kier molecular flexibility index (Phi) is 4.03. The molecule has 0 N–H and O–H groups in total. The highest BCUT2D eigenvalue weighted by atomic mass is 16.5. The predicted octanol–water partition coefficient (Wildman–Crippen LogP) is 3.59. The molecule has 0 spiro atoms. The first-order chi connectivity index (χ1) is 11.1. The van der Waals surface area contributed by atoms with Crippen LogP contribution in [0.4, 0.5) is 0 Å². The highest BCUT2D eigenvalue weighted by Gasteiger charge is 2.49. The lowest BCUT2D eigenvalue weighted by molar-refractivity contribution is -0.159. The molecule has 0 radical (unpaired) electrons. The minimum atomic E-state index is -1.05. The van der Waals surface area contributed by atoms with E-state index in [1.54, 1.807) is 6.92 Å². The minimum absolute atomic E-state index is 0.117. The summed E-state index contributed by atoms with van der Waals surface area (Å²) in [5, 5.41) is 0. The van der Waals surface area contributed by atoms with E-state index in [1.807, 2.05) is 24.3 Å². The first kappa shape index (κ1) is 15.5. The fourth-order valence-corrected chi connectivity index (χ4v) is 3.29. The van der Waals surface area contributed by atoms with Gasteiger partial charge in [0.15, 0.2) is 0 Å². The predicted molar refractivity (Wildman–Crippen MR) is 89.0 cm³/mol. The fourth-order valence-electron chi connectivity index (χ4n) is 3.29. The Morgan fingerprint density at radius 2 is 1.70 bits per heavy atom. The smallest absolute Gasteiger partial charge is 0.320 e. The second kappa shape index (κ2) is 5.99. The topological polar surface area (TPSA) is 43.4 Å². The molecule has 0 saturated heterocycles. The summed E-state index contributed by atoms with van der Waals surface area (Å²) in [6.45, 7) is 3.54. The van der Waals surface area contributed by atoms with Gasteiger partial charge in [0.05, 0.1) is 6.61 Å². The molecule has 2 aromatic carbocycles. The van der Waals surface area contributed by atoms with Gasteiger partial charge in [0, 0.05) is 0 Å². The summed E-state index contributed by atoms with van der Waals surface area (Å²) in [5.41, 5.74) is 3.31. The molecule has 0 saturated carbocycles. The maximum Gasteiger partial charge on any atom is 0.320 e. The molecule has 1 aliphatic carbocycles. The monoisotopic (exact) mass is 308 g/mol. The maximum atomic E-state index is 12.4. The number of benzene rings is 2. The largest absolute Gasteiger partial charge is 0.465 e. The van der Waals surface area contributed by atoms with Crippen molar-refractivity contribution in [3.05, 3.63) is 59.7 Å². The van der Waals surface area contributed by atoms with Crippen LogP contribution in [0.3, 0.4) is 0 Å². The van der Waals surface area contributed by atoms with Gasteiger partial charge in [-0.1, -0.05) is 48.5 Å². The van der Waals surface area contributed by atoms with Gasteiger partial charge in [0.25, 0.3) is 0 Å². The zero-order valence-corrected chi connectivity index (χ0v) is 13.5. The summed E-state index contributed by atoms with van der Waals surface area (Å²) < 4.78 is 5.18. The van der Waals surface area contributed by atoms with Crippen molar-refractivity contribution in [1.29, 1.82) is 0 Å². The van der Waals surface area contributed by atoms with Crippen molar-refractivity contribution >= 4 is 11.8 Å². The van der Waals surface area contributed by atoms with E-state index >= 15 is 0 Å². The average molecular weight is 308 g/mol. The fraction of sp³-hybridized carbons (Fsp3) is 0.300. The Morgan fingerprint density at radius 1 is 1.00 bits per heavy atom. The first-order valence-corrected chi connectivity index (χ1v) is 7.92. The Labute approximate surface area is 136 Å². The van der Waals surface area contributed by atoms with E-state index in [1.165, 1.54) is 6.92 Å². The molecule has 23 heavy (non-hydrogen) atoms. The van der Waals surface area contributed by atoms with Crippen molar-refractivity contribution < 1.29 is 14.3 Å². The van der Waals surface area contributed by atoms with Gasteiger partial charge in [0.1, 0.15) is 11.2 Å². The quantitative estimate of drug-likeness (QED) is 0.640. The van der Waals surface area contributed by atoms with Gasteiger partial charge in [-0.2, -0.15) is 0 Å². The van der Waals surface area contributed by atoms with Crippen LogP contribution in [0, 0.1) is 5.41 Å². The molecule has 0 fully saturated rings. The van der Waals surface area contributed by atoms with Crippen molar-refractivity contribution in [3.8, 4) is 11.1 Å². The van der Waals surface area contributed by atoms with E-state index in [4.69, 9.17) is 4.74 Å². The second-order valence-electron chi connectivity index (χ2n) is 6.06. The number of fused-ring (bicyclic) bond motifs is 1. The standard InChI is InChI=1S/C20H20O3/c1-3-23-19(22)20(14(2)21)12-17-10-9-16(11-18(17)13-20)15-7-5-4-6-8-15/h4-11H,3,12-13H2,1-2H3. The van der Waals surface area contributed by atoms with Crippen molar-refractivity contribution in [2.75, 3.05) is 6.61 Å². The summed E-state index contributed by atoms with van der Waals surface area (Å²) in [6.07, 6.45) is 0.864. The van der Waals surface area contributed by atoms with Crippen molar-refractivity contribution in [3.63, 3.8) is 0 Å². The number of hydrogen-bond donors (Lipinski definition) is 0. The molecule has 0 heterocycles. The average Bonchev–Trinajstić information content (AvgIpc) is 2.96. The van der Waals surface area contributed by atoms with E-state index in [0.717, 1.165) is 22.3 Å². The highest BCUT2D eigenvalue weighted by molar-refractivity contribution is 6.04. The number of ether oxygens (including phenoxy) is 1. The Balaban J connectivity index is 1.97. The van der Waals surface area contributed by atoms with Crippen LogP contribution in [0.5, 0.6) is 0 Å². The first-order valence-electron chi connectivity index (χ1n) is 7.92. The lowest BCUT2D eigenvalue weighted by Crippen LogP contribution is -2.40. The van der Waals surface area contributed by atoms with Crippen molar-refractivity contribution in [2.24, 2.45) is 5.41 Å². The van der Waals surface area contributed by atoms with Crippen LogP contribution in [0.2, 0.25) is 0 Å². The molecule has 0 amide bonds. The van der Waals surface area contributed by atoms with E-state index < -0.39 is 11.4 Å². The Hall–Kier alpha value is -2.42. The van der Waals surface area contributed by atoms with Crippen LogP contribution in [-0.4, -0.2) is 18.4 Å². The maximum absolute atomic E-state index is 12.4. The van der Waals surface area contributed by atoms with Crippen LogP contribution < -0.4 is 0 Å². The third-order valence-electron chi connectivity index (χ3n) is 4.64. The summed E-state index contributed by atoms with van der Waals surface area (Å²) in [4.78, 5) is 24.6. The molecule has 118 valence electrons. The molecule has 2 aromatic rings. The molecule has 3 heteroatoms. The van der Waals surface area contributed by atoms with E-state index in [0.29, 0.717) is 19.4 Å². The van der Waals surface area contributed by atoms with Gasteiger partial charge in [-0.15, -0.1) is 0 Å². The number of ketones is 1. The van der Waals surface area contributed by atoms with E-state index in [-0.39, 0.29) is 5.78 Å². The minimum Gasteiger partial charge on any atom is -0.465 e. The van der Waals surface area contributed by atoms with Crippen LogP contribution >= 0.6 is 0 Å². The molecule has 1 aliphatic rings. The highest BCUT2D eigenvalue weighted by Crippen LogP contribution is 2.40. The van der Waals surface area contributed by atoms with Crippen LogP contribution in [0.15, 0.2) is 48.5 Å². The van der Waals surface area contributed by atoms with Gasteiger partial charge < -0.3 is 4.74 Å². The van der Waals surface area contributed by atoms with Crippen molar-refractivity contribution in [1.82, 2.24) is 0 Å². The molecule has 3 rings (SSSR count). The van der Waals surface area contributed by atoms with Gasteiger partial charge in [0.2, 0.25) is 0 Å². The number of rotatable bonds is 4. The lowest BCUT2D eigenvalue weighted by Gasteiger charge is -2.23. The van der Waals surface area contributed by atoms with E-state index in [2.05, 4.69) is 24.3 Å². The van der Waals surface area contributed by atoms with Crippen LogP contribution in [-0.2, 0) is 27.2 Å². The Morgan fingerprint density at radius 3 is 2.35 bits per heavy atom. The zero-order valence-electron chi connectivity index (χ0n) is 13.5. The van der Waals surface area contributed by atoms with E-state index in [9.17, 15) is 9.59 Å². The van der Waals surface area contributed by atoms with Gasteiger partial charge in [-0.05, 0) is 48.9 Å². The van der Waals surface area contributed by atoms with Crippen molar-refractivity contribution in [2.45, 2.75) is 26.7 Å². The third-order valence-corrected chi connectivity index (χ3v) is 4.64. The summed E-state index contributed by atoms with van der Waals surface area (Å²) >= 11 is 0. The third kappa shape index (κ3) is 2.67. The second-order valence-corrected chi connectivity index (χ2v) is 6.06. The number of carbonyl (C=O) groups excluding carboxylic acids is 2. The van der Waals surface area contributed by atoms with Gasteiger partial charge in [-0.3, -0.25) is 9.59 Å². The number of esters is 1. The molecule has 0 aliphatic heterocycles. The molecule has 3 nitrogen and oxygen atoms in total. The summed E-state index contributed by atoms with van der Waals surface area (Å²) in [5.74, 6) is -0.515. The zero-order chi connectivity index (χ0) is 16.4. The molecular weight excluding hydrogens is 288 g/mol. The normalized spacial score (nSPS) is 19.2. The molecule has 0 bridgehead atoms. The molecular formula is C20H20O3. The summed E-state index contributed by atoms with van der Waals surface area (Å²) in [7, 11) is 0. The van der Waals surface area contributed by atoms with Crippen LogP contribution in [0.1, 0.15) is 25.0 Å². The lowest BCUT2D eigenvalue weighted by atomic mass is 9.81. The number of hydrogen-bond acceptors (Lipinski definition) is 3. The summed E-state index contributed by atoms with van der Waals surface area (Å²) in [6, 6.07) is 16.3. The van der Waals surface area contributed by atoms with Crippen LogP contribution in [0.25, 0.3) is 11.1 Å². The number of Topliss-reactive ketones (excluding diaryl/α,β-unsaturated/α-hetero) is 1. The molecule has 0 aromatic heterocycles. The molecule has 1 atom stereocenters. The SMILES string of the molecule is CCOC(=O)C1(C(C)=O)Cc2ccc(-c3ccccc3)cc2C1. The van der Waals surface area contributed by atoms with Gasteiger partial charge in [-0.25, -0.2) is 0 Å².